The zero-order chi connectivity index (χ0) is 14.1. The molecule has 0 bridgehead atoms. The van der Waals surface area contributed by atoms with E-state index in [0.717, 1.165) is 6.42 Å². The van der Waals surface area contributed by atoms with Gasteiger partial charge < -0.3 is 4.74 Å². The Hall–Kier alpha value is -0.510. The second-order valence-corrected chi connectivity index (χ2v) is 6.42. The molecule has 0 spiro atoms. The van der Waals surface area contributed by atoms with Crippen LogP contribution in [-0.4, -0.2) is 29.4 Å². The van der Waals surface area contributed by atoms with Gasteiger partial charge in [-0.3, -0.25) is 9.59 Å². The number of carbonyl (C=O) groups is 2. The average Bonchev–Trinajstić information content (AvgIpc) is 2.43. The quantitative estimate of drug-likeness (QED) is 0.505. The summed E-state index contributed by atoms with van der Waals surface area (Å²) in [6, 6.07) is 0. The molecule has 1 aliphatic carbocycles. The summed E-state index contributed by atoms with van der Waals surface area (Å²) in [6.07, 6.45) is 7.77. The van der Waals surface area contributed by atoms with Gasteiger partial charge in [0.2, 0.25) is 0 Å². The van der Waals surface area contributed by atoms with Crippen molar-refractivity contribution in [2.75, 3.05) is 12.4 Å². The van der Waals surface area contributed by atoms with Gasteiger partial charge in [-0.15, -0.1) is 0 Å². The van der Waals surface area contributed by atoms with Gasteiger partial charge in [-0.05, 0) is 26.2 Å². The van der Waals surface area contributed by atoms with Crippen molar-refractivity contribution in [1.82, 2.24) is 0 Å². The van der Waals surface area contributed by atoms with Crippen LogP contribution in [0.3, 0.4) is 0 Å². The highest BCUT2D eigenvalue weighted by Gasteiger charge is 2.27. The fraction of sp³-hybridized carbons (Fsp3) is 0.867. The third-order valence-electron chi connectivity index (χ3n) is 3.55. The number of ether oxygens (including phenoxy) is 1. The van der Waals surface area contributed by atoms with Gasteiger partial charge in [0.1, 0.15) is 5.92 Å². The molecule has 0 amide bonds. The third-order valence-corrected chi connectivity index (χ3v) is 4.94. The Morgan fingerprint density at radius 3 is 2.47 bits per heavy atom. The zero-order valence-corrected chi connectivity index (χ0v) is 13.0. The molecule has 110 valence electrons. The second-order valence-electron chi connectivity index (χ2n) is 5.13. The van der Waals surface area contributed by atoms with Crippen LogP contribution in [0.2, 0.25) is 0 Å². The van der Waals surface area contributed by atoms with Crippen LogP contribution < -0.4 is 0 Å². The first-order chi connectivity index (χ1) is 9.19. The molecule has 0 aliphatic heterocycles. The molecule has 0 heterocycles. The maximum Gasteiger partial charge on any atom is 0.316 e. The highest BCUT2D eigenvalue weighted by molar-refractivity contribution is 8.00. The third kappa shape index (κ3) is 5.98. The van der Waals surface area contributed by atoms with E-state index in [-0.39, 0.29) is 11.8 Å². The van der Waals surface area contributed by atoms with Crippen LogP contribution in [0.5, 0.6) is 0 Å². The molecule has 3 nitrogen and oxygen atoms in total. The molecule has 1 atom stereocenters. The zero-order valence-electron chi connectivity index (χ0n) is 12.2. The number of rotatable bonds is 8. The Morgan fingerprint density at radius 2 is 1.89 bits per heavy atom. The molecule has 1 fully saturated rings. The molecular weight excluding hydrogens is 260 g/mol. The number of carbonyl (C=O) groups excluding carboxylic acids is 2. The molecule has 1 saturated carbocycles. The lowest BCUT2D eigenvalue weighted by Crippen LogP contribution is -2.28. The molecule has 0 aromatic carbocycles. The molecule has 0 radical (unpaired) electrons. The SMILES string of the molecule is CCCC(C(=O)CSC1CCCCC1)C(=O)OCC. The van der Waals surface area contributed by atoms with E-state index in [2.05, 4.69) is 0 Å². The summed E-state index contributed by atoms with van der Waals surface area (Å²) in [5, 5.41) is 0.613. The number of thioether (sulfide) groups is 1. The van der Waals surface area contributed by atoms with Crippen LogP contribution in [0.1, 0.15) is 58.8 Å². The van der Waals surface area contributed by atoms with Crippen LogP contribution in [-0.2, 0) is 14.3 Å². The Bertz CT molecular complexity index is 285. The molecule has 1 aliphatic rings. The molecule has 1 rings (SSSR count). The van der Waals surface area contributed by atoms with Crippen molar-refractivity contribution >= 4 is 23.5 Å². The summed E-state index contributed by atoms with van der Waals surface area (Å²) >= 11 is 1.74. The summed E-state index contributed by atoms with van der Waals surface area (Å²) in [5.41, 5.74) is 0. The van der Waals surface area contributed by atoms with E-state index in [4.69, 9.17) is 4.74 Å². The van der Waals surface area contributed by atoms with Crippen molar-refractivity contribution in [1.29, 1.82) is 0 Å². The Morgan fingerprint density at radius 1 is 1.21 bits per heavy atom. The predicted octanol–water partition coefficient (Wildman–Crippen LogP) is 3.60. The molecule has 4 heteroatoms. The van der Waals surface area contributed by atoms with Crippen LogP contribution in [0, 0.1) is 5.92 Å². The minimum atomic E-state index is -0.541. The van der Waals surface area contributed by atoms with E-state index < -0.39 is 5.92 Å². The Labute approximate surface area is 120 Å². The standard InChI is InChI=1S/C15H26O3S/c1-3-8-13(15(17)18-4-2)14(16)11-19-12-9-6-5-7-10-12/h12-13H,3-11H2,1-2H3. The number of esters is 1. The molecular formula is C15H26O3S. The fourth-order valence-electron chi connectivity index (χ4n) is 2.47. The van der Waals surface area contributed by atoms with E-state index in [9.17, 15) is 9.59 Å². The minimum absolute atomic E-state index is 0.0517. The maximum atomic E-state index is 12.2. The van der Waals surface area contributed by atoms with Gasteiger partial charge in [0.25, 0.3) is 0 Å². The van der Waals surface area contributed by atoms with Crippen molar-refractivity contribution in [2.45, 2.75) is 64.0 Å². The lowest BCUT2D eigenvalue weighted by Gasteiger charge is -2.21. The van der Waals surface area contributed by atoms with Crippen molar-refractivity contribution in [2.24, 2.45) is 5.92 Å². The molecule has 0 saturated heterocycles. The van der Waals surface area contributed by atoms with Crippen molar-refractivity contribution < 1.29 is 14.3 Å². The summed E-state index contributed by atoms with van der Waals surface area (Å²) in [5.74, 6) is -0.357. The van der Waals surface area contributed by atoms with Crippen molar-refractivity contribution in [3.05, 3.63) is 0 Å². The summed E-state index contributed by atoms with van der Waals surface area (Å²) < 4.78 is 5.00. The highest BCUT2D eigenvalue weighted by Crippen LogP contribution is 2.29. The molecule has 1 unspecified atom stereocenters. The van der Waals surface area contributed by atoms with Gasteiger partial charge in [0, 0.05) is 5.25 Å². The van der Waals surface area contributed by atoms with E-state index >= 15 is 0 Å². The first kappa shape index (κ1) is 16.5. The lowest BCUT2D eigenvalue weighted by molar-refractivity contribution is -0.151. The highest BCUT2D eigenvalue weighted by atomic mass is 32.2. The van der Waals surface area contributed by atoms with Gasteiger partial charge in [-0.1, -0.05) is 32.6 Å². The number of hydrogen-bond acceptors (Lipinski definition) is 4. The largest absolute Gasteiger partial charge is 0.465 e. The second kappa shape index (κ2) is 9.40. The monoisotopic (exact) mass is 286 g/mol. The number of ketones is 1. The molecule has 0 aromatic rings. The summed E-state index contributed by atoms with van der Waals surface area (Å²) in [6.45, 7) is 4.12. The van der Waals surface area contributed by atoms with Crippen molar-refractivity contribution in [3.8, 4) is 0 Å². The van der Waals surface area contributed by atoms with Crippen LogP contribution in [0.4, 0.5) is 0 Å². The molecule has 0 aromatic heterocycles. The molecule has 19 heavy (non-hydrogen) atoms. The summed E-state index contributed by atoms with van der Waals surface area (Å²) in [4.78, 5) is 23.9. The molecule has 0 N–H and O–H groups in total. The number of hydrogen-bond donors (Lipinski definition) is 0. The maximum absolute atomic E-state index is 12.2. The normalized spacial score (nSPS) is 18.0. The smallest absolute Gasteiger partial charge is 0.316 e. The topological polar surface area (TPSA) is 43.4 Å². The van der Waals surface area contributed by atoms with Crippen LogP contribution in [0.15, 0.2) is 0 Å². The van der Waals surface area contributed by atoms with Gasteiger partial charge in [0.15, 0.2) is 5.78 Å². The van der Waals surface area contributed by atoms with Gasteiger partial charge in [0.05, 0.1) is 12.4 Å². The first-order valence-corrected chi connectivity index (χ1v) is 8.54. The van der Waals surface area contributed by atoms with Gasteiger partial charge >= 0.3 is 5.97 Å². The van der Waals surface area contributed by atoms with E-state index in [0.29, 0.717) is 24.0 Å². The van der Waals surface area contributed by atoms with E-state index in [1.54, 1.807) is 18.7 Å². The average molecular weight is 286 g/mol. The summed E-state index contributed by atoms with van der Waals surface area (Å²) in [7, 11) is 0. The minimum Gasteiger partial charge on any atom is -0.465 e. The van der Waals surface area contributed by atoms with E-state index in [1.807, 2.05) is 6.92 Å². The number of Topliss-reactive ketones (excluding diaryl/α,β-unsaturated/α-hetero) is 1. The fourth-order valence-corrected chi connectivity index (χ4v) is 3.74. The van der Waals surface area contributed by atoms with Gasteiger partial charge in [-0.25, -0.2) is 0 Å². The van der Waals surface area contributed by atoms with Crippen LogP contribution in [0.25, 0.3) is 0 Å². The predicted molar refractivity (Wildman–Crippen MR) is 79.4 cm³/mol. The Kier molecular flexibility index (Phi) is 8.19. The Balaban J connectivity index is 2.39. The van der Waals surface area contributed by atoms with Crippen molar-refractivity contribution in [3.63, 3.8) is 0 Å². The van der Waals surface area contributed by atoms with Crippen LogP contribution >= 0.6 is 11.8 Å². The first-order valence-electron chi connectivity index (χ1n) is 7.50. The lowest BCUT2D eigenvalue weighted by atomic mass is 10.00. The van der Waals surface area contributed by atoms with Gasteiger partial charge in [-0.2, -0.15) is 11.8 Å². The van der Waals surface area contributed by atoms with E-state index in [1.165, 1.54) is 32.1 Å².